The van der Waals surface area contributed by atoms with Crippen LogP contribution in [0.2, 0.25) is 0 Å². The lowest BCUT2D eigenvalue weighted by molar-refractivity contribution is -0.125. The number of Topliss-reactive ketones (excluding diaryl/α,β-unsaturated/α-hetero) is 1. The Bertz CT molecular complexity index is 324. The Morgan fingerprint density at radius 2 is 1.85 bits per heavy atom. The summed E-state index contributed by atoms with van der Waals surface area (Å²) >= 11 is 0. The van der Waals surface area contributed by atoms with E-state index in [0.29, 0.717) is 13.2 Å². The molecule has 1 heterocycles. The fraction of sp³-hybridized carbons (Fsp3) is 0.867. The number of amides is 1. The van der Waals surface area contributed by atoms with Gasteiger partial charge in [-0.15, -0.1) is 0 Å². The fourth-order valence-electron chi connectivity index (χ4n) is 2.18. The number of hydrogen-bond acceptors (Lipinski definition) is 4. The number of carbonyl (C=O) groups excluding carboxylic acids is 2. The zero-order valence-electron chi connectivity index (χ0n) is 13.0. The average Bonchev–Trinajstić information content (AvgIpc) is 2.44. The molecule has 20 heavy (non-hydrogen) atoms. The summed E-state index contributed by atoms with van der Waals surface area (Å²) in [5, 5.41) is 2.73. The minimum atomic E-state index is -0.493. The van der Waals surface area contributed by atoms with Crippen LogP contribution in [-0.2, 0) is 14.3 Å². The molecular weight excluding hydrogens is 258 g/mol. The van der Waals surface area contributed by atoms with E-state index in [2.05, 4.69) is 5.32 Å². The first-order valence-corrected chi connectivity index (χ1v) is 7.54. The molecule has 1 unspecified atom stereocenters. The van der Waals surface area contributed by atoms with E-state index in [1.165, 1.54) is 0 Å². The van der Waals surface area contributed by atoms with E-state index in [1.54, 1.807) is 0 Å². The highest BCUT2D eigenvalue weighted by atomic mass is 16.6. The highest BCUT2D eigenvalue weighted by molar-refractivity contribution is 5.89. The van der Waals surface area contributed by atoms with Crippen molar-refractivity contribution in [2.75, 3.05) is 13.2 Å². The van der Waals surface area contributed by atoms with Crippen molar-refractivity contribution in [3.8, 4) is 0 Å². The Labute approximate surface area is 121 Å². The molecule has 1 aliphatic heterocycles. The summed E-state index contributed by atoms with van der Waals surface area (Å²) in [6.07, 6.45) is 1.62. The standard InChI is InChI=1S/C15H27NO4/c1-5-11(4)14(17)13(10(2)3)16-15(18)20-12-6-8-19-9-7-12/h10-13H,5-9H2,1-4H3,(H,16,18)/t11?,13-/m1/s1. The van der Waals surface area contributed by atoms with E-state index in [4.69, 9.17) is 9.47 Å². The minimum absolute atomic E-state index is 0.0502. The van der Waals surface area contributed by atoms with Crippen molar-refractivity contribution in [3.63, 3.8) is 0 Å². The smallest absolute Gasteiger partial charge is 0.408 e. The van der Waals surface area contributed by atoms with Gasteiger partial charge in [0.25, 0.3) is 0 Å². The van der Waals surface area contributed by atoms with Crippen molar-refractivity contribution in [2.45, 2.75) is 59.1 Å². The quantitative estimate of drug-likeness (QED) is 0.814. The third kappa shape index (κ3) is 5.12. The molecule has 0 aromatic rings. The van der Waals surface area contributed by atoms with Crippen molar-refractivity contribution in [3.05, 3.63) is 0 Å². The normalized spacial score (nSPS) is 19.4. The summed E-state index contributed by atoms with van der Waals surface area (Å²) in [4.78, 5) is 24.2. The van der Waals surface area contributed by atoms with Crippen LogP contribution >= 0.6 is 0 Å². The summed E-state index contributed by atoms with van der Waals surface area (Å²) in [6, 6.07) is -0.475. The summed E-state index contributed by atoms with van der Waals surface area (Å²) in [5.74, 6) is 0.0796. The van der Waals surface area contributed by atoms with E-state index in [9.17, 15) is 9.59 Å². The maximum Gasteiger partial charge on any atom is 0.408 e. The Hall–Kier alpha value is -1.10. The molecule has 116 valence electrons. The number of nitrogens with one attached hydrogen (secondary N) is 1. The molecule has 0 aromatic carbocycles. The van der Waals surface area contributed by atoms with Crippen LogP contribution in [0.15, 0.2) is 0 Å². The van der Waals surface area contributed by atoms with Gasteiger partial charge in [0.2, 0.25) is 0 Å². The van der Waals surface area contributed by atoms with Crippen molar-refractivity contribution in [1.82, 2.24) is 5.32 Å². The zero-order chi connectivity index (χ0) is 15.1. The van der Waals surface area contributed by atoms with Crippen LogP contribution in [0, 0.1) is 11.8 Å². The first kappa shape index (κ1) is 17.0. The molecule has 1 amide bonds. The van der Waals surface area contributed by atoms with Gasteiger partial charge in [0, 0.05) is 18.8 Å². The van der Waals surface area contributed by atoms with Gasteiger partial charge in [-0.05, 0) is 12.3 Å². The topological polar surface area (TPSA) is 64.6 Å². The zero-order valence-corrected chi connectivity index (χ0v) is 13.0. The molecule has 1 saturated heterocycles. The van der Waals surface area contributed by atoms with Crippen LogP contribution in [0.5, 0.6) is 0 Å². The van der Waals surface area contributed by atoms with Gasteiger partial charge in [-0.25, -0.2) is 4.79 Å². The summed E-state index contributed by atoms with van der Waals surface area (Å²) < 4.78 is 10.6. The van der Waals surface area contributed by atoms with Gasteiger partial charge in [0.15, 0.2) is 5.78 Å². The predicted octanol–water partition coefficient (Wildman–Crippen LogP) is 2.53. The van der Waals surface area contributed by atoms with Crippen molar-refractivity contribution in [1.29, 1.82) is 0 Å². The second kappa shape index (κ2) is 8.25. The third-order valence-corrected chi connectivity index (χ3v) is 3.79. The largest absolute Gasteiger partial charge is 0.446 e. The van der Waals surface area contributed by atoms with Crippen molar-refractivity contribution in [2.24, 2.45) is 11.8 Å². The number of ether oxygens (including phenoxy) is 2. The van der Waals surface area contributed by atoms with Crippen LogP contribution in [0.25, 0.3) is 0 Å². The Morgan fingerprint density at radius 3 is 2.35 bits per heavy atom. The molecule has 1 N–H and O–H groups in total. The molecule has 0 saturated carbocycles. The first-order valence-electron chi connectivity index (χ1n) is 7.54. The average molecular weight is 285 g/mol. The number of carbonyl (C=O) groups is 2. The molecule has 0 aliphatic carbocycles. The van der Waals surface area contributed by atoms with E-state index < -0.39 is 12.1 Å². The van der Waals surface area contributed by atoms with Crippen LogP contribution in [0.3, 0.4) is 0 Å². The van der Waals surface area contributed by atoms with Crippen LogP contribution in [0.1, 0.15) is 47.0 Å². The Balaban J connectivity index is 2.52. The maximum absolute atomic E-state index is 12.3. The molecule has 0 bridgehead atoms. The van der Waals surface area contributed by atoms with Crippen molar-refractivity contribution < 1.29 is 19.1 Å². The van der Waals surface area contributed by atoms with Gasteiger partial charge < -0.3 is 14.8 Å². The van der Waals surface area contributed by atoms with Crippen LogP contribution < -0.4 is 5.32 Å². The lowest BCUT2D eigenvalue weighted by atomic mass is 9.91. The molecule has 0 spiro atoms. The third-order valence-electron chi connectivity index (χ3n) is 3.79. The van der Waals surface area contributed by atoms with E-state index >= 15 is 0 Å². The molecule has 1 aliphatic rings. The molecule has 0 radical (unpaired) electrons. The van der Waals surface area contributed by atoms with Gasteiger partial charge in [0.1, 0.15) is 6.10 Å². The Kier molecular flexibility index (Phi) is 6.99. The summed E-state index contributed by atoms with van der Waals surface area (Å²) in [6.45, 7) is 8.97. The van der Waals surface area contributed by atoms with Gasteiger partial charge in [-0.1, -0.05) is 27.7 Å². The molecule has 2 atom stereocenters. The van der Waals surface area contributed by atoms with Crippen LogP contribution in [-0.4, -0.2) is 37.2 Å². The molecule has 5 nitrogen and oxygen atoms in total. The lowest BCUT2D eigenvalue weighted by Crippen LogP contribution is -2.47. The monoisotopic (exact) mass is 285 g/mol. The number of ketones is 1. The number of alkyl carbamates (subject to hydrolysis) is 1. The number of hydrogen-bond donors (Lipinski definition) is 1. The van der Waals surface area contributed by atoms with E-state index in [0.717, 1.165) is 19.3 Å². The predicted molar refractivity (Wildman–Crippen MR) is 76.5 cm³/mol. The van der Waals surface area contributed by atoms with Gasteiger partial charge in [0.05, 0.1) is 19.3 Å². The first-order chi connectivity index (χ1) is 9.45. The molecule has 1 fully saturated rings. The second-order valence-corrected chi connectivity index (χ2v) is 5.79. The van der Waals surface area contributed by atoms with Crippen LogP contribution in [0.4, 0.5) is 4.79 Å². The second-order valence-electron chi connectivity index (χ2n) is 5.79. The SMILES string of the molecule is CCC(C)C(=O)[C@H](NC(=O)OC1CCOCC1)C(C)C. The lowest BCUT2D eigenvalue weighted by Gasteiger charge is -2.26. The summed E-state index contributed by atoms with van der Waals surface area (Å²) in [7, 11) is 0. The molecule has 5 heteroatoms. The highest BCUT2D eigenvalue weighted by Crippen LogP contribution is 2.14. The van der Waals surface area contributed by atoms with Gasteiger partial charge >= 0.3 is 6.09 Å². The molecule has 1 rings (SSSR count). The number of rotatable bonds is 6. The van der Waals surface area contributed by atoms with Gasteiger partial charge in [-0.3, -0.25) is 4.79 Å². The van der Waals surface area contributed by atoms with E-state index in [-0.39, 0.29) is 23.7 Å². The highest BCUT2D eigenvalue weighted by Gasteiger charge is 2.28. The van der Waals surface area contributed by atoms with E-state index in [1.807, 2.05) is 27.7 Å². The minimum Gasteiger partial charge on any atom is -0.446 e. The Morgan fingerprint density at radius 1 is 1.25 bits per heavy atom. The van der Waals surface area contributed by atoms with Gasteiger partial charge in [-0.2, -0.15) is 0 Å². The fourth-order valence-corrected chi connectivity index (χ4v) is 2.18. The van der Waals surface area contributed by atoms with Crippen molar-refractivity contribution >= 4 is 11.9 Å². The summed E-state index contributed by atoms with van der Waals surface area (Å²) in [5.41, 5.74) is 0. The maximum atomic E-state index is 12.3. The molecule has 0 aromatic heterocycles. The molecular formula is C15H27NO4.